The lowest BCUT2D eigenvalue weighted by molar-refractivity contribution is 0.300. The van der Waals surface area contributed by atoms with E-state index in [0.29, 0.717) is 13.2 Å². The molecule has 2 heterocycles. The maximum absolute atomic E-state index is 5.97. The van der Waals surface area contributed by atoms with Crippen molar-refractivity contribution in [2.24, 2.45) is 9.98 Å². The Morgan fingerprint density at radius 2 is 1.06 bits per heavy atom. The average molecular weight is 499 g/mol. The fourth-order valence-electron chi connectivity index (χ4n) is 3.74. The van der Waals surface area contributed by atoms with Gasteiger partial charge >= 0.3 is 0 Å². The molecular formula is C26H28Cl2N4O2. The molecule has 3 aromatic rings. The Kier molecular flexibility index (Phi) is 9.19. The smallest absolute Gasteiger partial charge is 0.128 e. The van der Waals surface area contributed by atoms with Crippen molar-refractivity contribution in [1.82, 2.24) is 10.6 Å². The van der Waals surface area contributed by atoms with Gasteiger partial charge in [0.2, 0.25) is 0 Å². The van der Waals surface area contributed by atoms with Crippen molar-refractivity contribution in [3.63, 3.8) is 0 Å². The summed E-state index contributed by atoms with van der Waals surface area (Å²) in [5.41, 5.74) is 4.40. The molecule has 0 unspecified atom stereocenters. The first-order valence-electron chi connectivity index (χ1n) is 10.9. The molecule has 8 heteroatoms. The van der Waals surface area contributed by atoms with Gasteiger partial charge in [0.05, 0.1) is 13.1 Å². The topological polar surface area (TPSA) is 67.2 Å². The molecule has 0 saturated carbocycles. The van der Waals surface area contributed by atoms with Gasteiger partial charge in [0.1, 0.15) is 36.4 Å². The molecule has 6 nitrogen and oxygen atoms in total. The number of ether oxygens (including phenoxy) is 2. The fraction of sp³-hybridized carbons (Fsp3) is 0.231. The van der Waals surface area contributed by atoms with E-state index in [1.54, 1.807) is 0 Å². The van der Waals surface area contributed by atoms with Crippen LogP contribution in [0.3, 0.4) is 0 Å². The van der Waals surface area contributed by atoms with Crippen LogP contribution in [-0.2, 0) is 13.2 Å². The Hall–Kier alpha value is -3.22. The van der Waals surface area contributed by atoms with Gasteiger partial charge < -0.3 is 20.1 Å². The molecule has 0 saturated heterocycles. The lowest BCUT2D eigenvalue weighted by Gasteiger charge is -2.10. The zero-order valence-electron chi connectivity index (χ0n) is 18.7. The molecule has 0 fully saturated rings. The van der Waals surface area contributed by atoms with E-state index in [1.807, 2.05) is 54.6 Å². The van der Waals surface area contributed by atoms with E-state index < -0.39 is 0 Å². The van der Waals surface area contributed by atoms with Gasteiger partial charge in [0.25, 0.3) is 0 Å². The van der Waals surface area contributed by atoms with Crippen LogP contribution in [0.25, 0.3) is 0 Å². The second-order valence-electron chi connectivity index (χ2n) is 7.76. The normalized spacial score (nSPS) is 14.0. The molecule has 2 N–H and O–H groups in total. The van der Waals surface area contributed by atoms with Crippen LogP contribution in [0.5, 0.6) is 11.5 Å². The molecule has 178 valence electrons. The number of halogens is 2. The molecular weight excluding hydrogens is 471 g/mol. The van der Waals surface area contributed by atoms with E-state index in [0.717, 1.165) is 71.6 Å². The number of hydrogen-bond donors (Lipinski definition) is 2. The van der Waals surface area contributed by atoms with E-state index in [4.69, 9.17) is 9.47 Å². The SMILES string of the molecule is Cl.Cl.c1cc(COc2ccc(C3=NCCN3)cc2)cc(COc2ccc(C3=NCCN3)cc2)c1. The monoisotopic (exact) mass is 498 g/mol. The highest BCUT2D eigenvalue weighted by Gasteiger charge is 2.09. The molecule has 0 aromatic heterocycles. The first kappa shape index (κ1) is 25.4. The molecule has 0 aliphatic carbocycles. The lowest BCUT2D eigenvalue weighted by atomic mass is 10.1. The van der Waals surface area contributed by atoms with Crippen molar-refractivity contribution in [2.45, 2.75) is 13.2 Å². The highest BCUT2D eigenvalue weighted by Crippen LogP contribution is 2.18. The van der Waals surface area contributed by atoms with Crippen LogP contribution in [0, 0.1) is 0 Å². The second-order valence-corrected chi connectivity index (χ2v) is 7.76. The number of nitrogens with one attached hydrogen (secondary N) is 2. The van der Waals surface area contributed by atoms with Crippen molar-refractivity contribution >= 4 is 36.5 Å². The third-order valence-corrected chi connectivity index (χ3v) is 5.41. The van der Waals surface area contributed by atoms with Crippen LogP contribution < -0.4 is 20.1 Å². The quantitative estimate of drug-likeness (QED) is 0.483. The minimum absolute atomic E-state index is 0. The third kappa shape index (κ3) is 6.43. The molecule has 5 rings (SSSR count). The first-order valence-corrected chi connectivity index (χ1v) is 10.9. The van der Waals surface area contributed by atoms with Gasteiger partial charge in [0, 0.05) is 24.2 Å². The van der Waals surface area contributed by atoms with Crippen LogP contribution in [0.15, 0.2) is 82.8 Å². The van der Waals surface area contributed by atoms with Gasteiger partial charge in [-0.2, -0.15) is 0 Å². The molecule has 3 aromatic carbocycles. The predicted molar refractivity (Wildman–Crippen MR) is 141 cm³/mol. The summed E-state index contributed by atoms with van der Waals surface area (Å²) < 4.78 is 11.9. The fourth-order valence-corrected chi connectivity index (χ4v) is 3.74. The van der Waals surface area contributed by atoms with Crippen LogP contribution in [0.2, 0.25) is 0 Å². The summed E-state index contributed by atoms with van der Waals surface area (Å²) in [6, 6.07) is 24.4. The molecule has 0 spiro atoms. The largest absolute Gasteiger partial charge is 0.489 e. The number of benzene rings is 3. The van der Waals surface area contributed by atoms with E-state index in [2.05, 4.69) is 38.8 Å². The summed E-state index contributed by atoms with van der Waals surface area (Å²) in [6.07, 6.45) is 0. The molecule has 0 radical (unpaired) electrons. The summed E-state index contributed by atoms with van der Waals surface area (Å²) in [4.78, 5) is 8.89. The Morgan fingerprint density at radius 3 is 1.44 bits per heavy atom. The zero-order valence-corrected chi connectivity index (χ0v) is 20.3. The van der Waals surface area contributed by atoms with Crippen LogP contribution in [-0.4, -0.2) is 37.9 Å². The van der Waals surface area contributed by atoms with Gasteiger partial charge in [-0.3, -0.25) is 9.98 Å². The zero-order chi connectivity index (χ0) is 21.6. The summed E-state index contributed by atoms with van der Waals surface area (Å²) in [5, 5.41) is 6.57. The van der Waals surface area contributed by atoms with Crippen molar-refractivity contribution in [3.8, 4) is 11.5 Å². The van der Waals surface area contributed by atoms with Crippen molar-refractivity contribution in [1.29, 1.82) is 0 Å². The number of aliphatic imine (C=N–C) groups is 2. The van der Waals surface area contributed by atoms with Crippen molar-refractivity contribution in [3.05, 3.63) is 95.1 Å². The first-order chi connectivity index (χ1) is 15.8. The molecule has 34 heavy (non-hydrogen) atoms. The minimum atomic E-state index is 0. The highest BCUT2D eigenvalue weighted by atomic mass is 35.5. The second kappa shape index (κ2) is 12.3. The number of amidine groups is 2. The number of nitrogens with zero attached hydrogens (tertiary/aromatic N) is 2. The Balaban J connectivity index is 0.00000162. The maximum Gasteiger partial charge on any atom is 0.128 e. The molecule has 2 aliphatic heterocycles. The predicted octanol–water partition coefficient (Wildman–Crippen LogP) is 4.39. The highest BCUT2D eigenvalue weighted by molar-refractivity contribution is 6.00. The Labute approximate surface area is 212 Å². The van der Waals surface area contributed by atoms with Gasteiger partial charge in [0.15, 0.2) is 0 Å². The van der Waals surface area contributed by atoms with Crippen LogP contribution >= 0.6 is 24.8 Å². The summed E-state index contributed by atoms with van der Waals surface area (Å²) in [7, 11) is 0. The minimum Gasteiger partial charge on any atom is -0.489 e. The Bertz CT molecular complexity index is 1050. The maximum atomic E-state index is 5.97. The number of hydrogen-bond acceptors (Lipinski definition) is 6. The van der Waals surface area contributed by atoms with Gasteiger partial charge in [-0.15, -0.1) is 24.8 Å². The van der Waals surface area contributed by atoms with Gasteiger partial charge in [-0.25, -0.2) is 0 Å². The van der Waals surface area contributed by atoms with E-state index in [1.165, 1.54) is 0 Å². The van der Waals surface area contributed by atoms with E-state index >= 15 is 0 Å². The van der Waals surface area contributed by atoms with E-state index in [-0.39, 0.29) is 24.8 Å². The van der Waals surface area contributed by atoms with Crippen molar-refractivity contribution < 1.29 is 9.47 Å². The molecule has 0 bridgehead atoms. The Morgan fingerprint density at radius 1 is 0.618 bits per heavy atom. The van der Waals surface area contributed by atoms with Crippen LogP contribution in [0.4, 0.5) is 0 Å². The van der Waals surface area contributed by atoms with Gasteiger partial charge in [-0.05, 0) is 65.7 Å². The lowest BCUT2D eigenvalue weighted by Crippen LogP contribution is -2.19. The van der Waals surface area contributed by atoms with Crippen LogP contribution in [0.1, 0.15) is 22.3 Å². The molecule has 2 aliphatic rings. The van der Waals surface area contributed by atoms with Crippen molar-refractivity contribution in [2.75, 3.05) is 26.2 Å². The summed E-state index contributed by atoms with van der Waals surface area (Å²) in [6.45, 7) is 4.52. The number of rotatable bonds is 8. The molecule has 0 atom stereocenters. The average Bonchev–Trinajstić information content (AvgIpc) is 3.57. The standard InChI is InChI=1S/C26H26N4O2.2ClH/c1-2-19(17-31-23-8-4-21(5-9-23)25-27-12-13-28-25)16-20(3-1)18-32-24-10-6-22(7-11-24)26-29-14-15-30-26;;/h1-11,16H,12-15,17-18H2,(H,27,28)(H,29,30);2*1H. The van der Waals surface area contributed by atoms with Gasteiger partial charge in [-0.1, -0.05) is 18.2 Å². The summed E-state index contributed by atoms with van der Waals surface area (Å²) >= 11 is 0. The molecule has 0 amide bonds. The van der Waals surface area contributed by atoms with E-state index in [9.17, 15) is 0 Å². The summed E-state index contributed by atoms with van der Waals surface area (Å²) in [5.74, 6) is 3.61. The third-order valence-electron chi connectivity index (χ3n) is 5.41.